The topological polar surface area (TPSA) is 40.0 Å². The van der Waals surface area contributed by atoms with Crippen LogP contribution < -0.4 is 9.47 Å². The molecular weight excluding hydrogens is 338 g/mol. The number of ether oxygens (including phenoxy) is 2. The second kappa shape index (κ2) is 6.59. The second-order valence-corrected chi connectivity index (χ2v) is 7.91. The van der Waals surface area contributed by atoms with Crippen molar-refractivity contribution in [3.8, 4) is 11.5 Å². The standard InChI is InChI=1S/C23H25NO3/c1-25-21-11-9-17(19-15-23(27-24-19)12-4-5-13-23)14-22(21)26-20-10-8-16-6-2-3-7-18(16)20/h2-3,6-7,9,11,14,20H,4-5,8,10,12-13,15H2,1H3. The summed E-state index contributed by atoms with van der Waals surface area (Å²) in [7, 11) is 1.69. The third kappa shape index (κ3) is 2.97. The van der Waals surface area contributed by atoms with E-state index in [-0.39, 0.29) is 11.7 Å². The number of nitrogens with zero attached hydrogens (tertiary/aromatic N) is 1. The lowest BCUT2D eigenvalue weighted by molar-refractivity contribution is -0.0126. The molecule has 2 aliphatic carbocycles. The van der Waals surface area contributed by atoms with Crippen molar-refractivity contribution < 1.29 is 14.3 Å². The van der Waals surface area contributed by atoms with Gasteiger partial charge >= 0.3 is 0 Å². The van der Waals surface area contributed by atoms with Crippen molar-refractivity contribution in [3.05, 3.63) is 59.2 Å². The monoisotopic (exact) mass is 363 g/mol. The number of fused-ring (bicyclic) bond motifs is 1. The summed E-state index contributed by atoms with van der Waals surface area (Å²) in [6.07, 6.45) is 7.73. The Morgan fingerprint density at radius 1 is 1.07 bits per heavy atom. The van der Waals surface area contributed by atoms with Crippen molar-refractivity contribution in [1.82, 2.24) is 0 Å². The first kappa shape index (κ1) is 16.7. The molecule has 27 heavy (non-hydrogen) atoms. The molecule has 0 amide bonds. The highest BCUT2D eigenvalue weighted by molar-refractivity contribution is 6.02. The number of benzene rings is 2. The van der Waals surface area contributed by atoms with E-state index in [9.17, 15) is 0 Å². The molecule has 140 valence electrons. The van der Waals surface area contributed by atoms with Gasteiger partial charge in [0.25, 0.3) is 0 Å². The van der Waals surface area contributed by atoms with Crippen LogP contribution in [0.2, 0.25) is 0 Å². The van der Waals surface area contributed by atoms with Crippen LogP contribution in [0.5, 0.6) is 11.5 Å². The van der Waals surface area contributed by atoms with Gasteiger partial charge in [0.2, 0.25) is 0 Å². The molecule has 1 spiro atoms. The summed E-state index contributed by atoms with van der Waals surface area (Å²) in [6, 6.07) is 14.6. The van der Waals surface area contributed by atoms with Gasteiger partial charge in [-0.2, -0.15) is 0 Å². The van der Waals surface area contributed by atoms with Gasteiger partial charge in [0.15, 0.2) is 11.5 Å². The van der Waals surface area contributed by atoms with Gasteiger partial charge in [0.1, 0.15) is 11.7 Å². The van der Waals surface area contributed by atoms with E-state index in [4.69, 9.17) is 14.3 Å². The van der Waals surface area contributed by atoms with Crippen LogP contribution in [0.4, 0.5) is 0 Å². The highest BCUT2D eigenvalue weighted by Crippen LogP contribution is 2.42. The molecule has 3 aliphatic rings. The first-order valence-corrected chi connectivity index (χ1v) is 9.94. The summed E-state index contributed by atoms with van der Waals surface area (Å²) in [5, 5.41) is 4.43. The fourth-order valence-corrected chi connectivity index (χ4v) is 4.71. The van der Waals surface area contributed by atoms with Crippen LogP contribution in [0.25, 0.3) is 0 Å². The molecule has 1 unspecified atom stereocenters. The molecule has 0 saturated heterocycles. The molecule has 2 aromatic rings. The zero-order valence-electron chi connectivity index (χ0n) is 15.7. The molecule has 4 heteroatoms. The van der Waals surface area contributed by atoms with Crippen LogP contribution in [-0.4, -0.2) is 18.4 Å². The molecule has 1 aliphatic heterocycles. The van der Waals surface area contributed by atoms with Gasteiger partial charge in [-0.1, -0.05) is 29.4 Å². The molecule has 0 bridgehead atoms. The Hall–Kier alpha value is -2.49. The van der Waals surface area contributed by atoms with E-state index >= 15 is 0 Å². The molecule has 4 nitrogen and oxygen atoms in total. The maximum atomic E-state index is 6.42. The van der Waals surface area contributed by atoms with Crippen LogP contribution >= 0.6 is 0 Å². The van der Waals surface area contributed by atoms with Gasteiger partial charge in [-0.05, 0) is 67.9 Å². The summed E-state index contributed by atoms with van der Waals surface area (Å²) < 4.78 is 12.0. The summed E-state index contributed by atoms with van der Waals surface area (Å²) in [5.41, 5.74) is 4.71. The first-order valence-electron chi connectivity index (χ1n) is 9.94. The summed E-state index contributed by atoms with van der Waals surface area (Å²) in [5.74, 6) is 1.55. The van der Waals surface area contributed by atoms with Crippen LogP contribution in [0, 0.1) is 0 Å². The fourth-order valence-electron chi connectivity index (χ4n) is 4.71. The van der Waals surface area contributed by atoms with Crippen LogP contribution in [0.15, 0.2) is 47.6 Å². The third-order valence-electron chi connectivity index (χ3n) is 6.20. The average molecular weight is 363 g/mol. The Morgan fingerprint density at radius 3 is 2.78 bits per heavy atom. The van der Waals surface area contributed by atoms with Gasteiger partial charge in [0.05, 0.1) is 12.8 Å². The van der Waals surface area contributed by atoms with E-state index in [0.29, 0.717) is 0 Å². The van der Waals surface area contributed by atoms with Crippen molar-refractivity contribution >= 4 is 5.71 Å². The van der Waals surface area contributed by atoms with Crippen molar-refractivity contribution in [1.29, 1.82) is 0 Å². The average Bonchev–Trinajstić information content (AvgIpc) is 3.44. The Kier molecular flexibility index (Phi) is 4.07. The predicted molar refractivity (Wildman–Crippen MR) is 105 cm³/mol. The number of rotatable bonds is 4. The van der Waals surface area contributed by atoms with Crippen molar-refractivity contribution in [2.24, 2.45) is 5.16 Å². The second-order valence-electron chi connectivity index (χ2n) is 7.91. The highest BCUT2D eigenvalue weighted by atomic mass is 16.7. The molecule has 5 rings (SSSR count). The molecule has 2 aromatic carbocycles. The molecule has 0 N–H and O–H groups in total. The highest BCUT2D eigenvalue weighted by Gasteiger charge is 2.42. The quantitative estimate of drug-likeness (QED) is 0.750. The fraction of sp³-hybridized carbons (Fsp3) is 0.435. The van der Waals surface area contributed by atoms with Crippen LogP contribution in [-0.2, 0) is 11.3 Å². The van der Waals surface area contributed by atoms with E-state index in [2.05, 4.69) is 41.6 Å². The van der Waals surface area contributed by atoms with Gasteiger partial charge in [-0.15, -0.1) is 0 Å². The Bertz CT molecular complexity index is 883. The maximum Gasteiger partial charge on any atom is 0.162 e. The summed E-state index contributed by atoms with van der Waals surface area (Å²) in [4.78, 5) is 5.86. The number of hydrogen-bond acceptors (Lipinski definition) is 4. The third-order valence-corrected chi connectivity index (χ3v) is 6.20. The minimum absolute atomic E-state index is 0.0549. The molecule has 1 heterocycles. The SMILES string of the molecule is COc1ccc(C2=NOC3(CCCC3)C2)cc1OC1CCc2ccccc21. The van der Waals surface area contributed by atoms with E-state index < -0.39 is 0 Å². The predicted octanol–water partition coefficient (Wildman–Crippen LogP) is 5.20. The van der Waals surface area contributed by atoms with E-state index in [1.54, 1.807) is 7.11 Å². The molecule has 0 aromatic heterocycles. The lowest BCUT2D eigenvalue weighted by Gasteiger charge is -2.20. The van der Waals surface area contributed by atoms with E-state index in [0.717, 1.165) is 54.9 Å². The minimum Gasteiger partial charge on any atom is -0.493 e. The summed E-state index contributed by atoms with van der Waals surface area (Å²) in [6.45, 7) is 0. The van der Waals surface area contributed by atoms with Gasteiger partial charge in [0, 0.05) is 12.0 Å². The van der Waals surface area contributed by atoms with Crippen molar-refractivity contribution in [2.45, 2.75) is 56.7 Å². The normalized spacial score (nSPS) is 22.4. The Labute approximate surface area is 160 Å². The zero-order chi connectivity index (χ0) is 18.3. The number of aryl methyl sites for hydroxylation is 1. The lowest BCUT2D eigenvalue weighted by atomic mass is 9.93. The molecule has 0 radical (unpaired) electrons. The van der Waals surface area contributed by atoms with Crippen LogP contribution in [0.3, 0.4) is 0 Å². The van der Waals surface area contributed by atoms with Gasteiger partial charge in [-0.3, -0.25) is 0 Å². The maximum absolute atomic E-state index is 6.42. The minimum atomic E-state index is -0.0549. The Morgan fingerprint density at radius 2 is 1.93 bits per heavy atom. The van der Waals surface area contributed by atoms with E-state index in [1.165, 1.54) is 24.0 Å². The zero-order valence-corrected chi connectivity index (χ0v) is 15.7. The van der Waals surface area contributed by atoms with Crippen LogP contribution in [0.1, 0.15) is 61.3 Å². The molecule has 1 atom stereocenters. The van der Waals surface area contributed by atoms with E-state index in [1.807, 2.05) is 6.07 Å². The molecule has 1 saturated carbocycles. The van der Waals surface area contributed by atoms with Gasteiger partial charge in [-0.25, -0.2) is 0 Å². The van der Waals surface area contributed by atoms with Crippen molar-refractivity contribution in [3.63, 3.8) is 0 Å². The summed E-state index contributed by atoms with van der Waals surface area (Å²) >= 11 is 0. The Balaban J connectivity index is 1.40. The first-order chi connectivity index (χ1) is 13.3. The number of methoxy groups -OCH3 is 1. The lowest BCUT2D eigenvalue weighted by Crippen LogP contribution is -2.24. The molecular formula is C23H25NO3. The largest absolute Gasteiger partial charge is 0.493 e. The van der Waals surface area contributed by atoms with Crippen molar-refractivity contribution in [2.75, 3.05) is 7.11 Å². The number of oxime groups is 1. The smallest absolute Gasteiger partial charge is 0.162 e. The number of hydrogen-bond donors (Lipinski definition) is 0. The van der Waals surface area contributed by atoms with Gasteiger partial charge < -0.3 is 14.3 Å². The molecule has 1 fully saturated rings.